The van der Waals surface area contributed by atoms with E-state index in [4.69, 9.17) is 0 Å². The maximum atomic E-state index is 13.2. The molecule has 0 saturated carbocycles. The van der Waals surface area contributed by atoms with Gasteiger partial charge in [0.1, 0.15) is 5.82 Å². The van der Waals surface area contributed by atoms with Crippen LogP contribution in [0.3, 0.4) is 0 Å². The second-order valence-corrected chi connectivity index (χ2v) is 5.89. The monoisotopic (exact) mass is 298 g/mol. The van der Waals surface area contributed by atoms with E-state index in [0.29, 0.717) is 0 Å². The van der Waals surface area contributed by atoms with Crippen LogP contribution in [-0.4, -0.2) is 11.5 Å². The van der Waals surface area contributed by atoms with Crippen LogP contribution in [0.25, 0.3) is 10.9 Å². The zero-order valence-corrected chi connectivity index (χ0v) is 12.3. The lowest BCUT2D eigenvalue weighted by Gasteiger charge is -2.25. The van der Waals surface area contributed by atoms with E-state index in [1.54, 1.807) is 0 Å². The van der Waals surface area contributed by atoms with E-state index in [1.807, 2.05) is 24.3 Å². The molecule has 3 aromatic rings. The van der Waals surface area contributed by atoms with Crippen molar-refractivity contribution in [3.8, 4) is 0 Å². The van der Waals surface area contributed by atoms with Crippen LogP contribution in [0.15, 0.2) is 47.4 Å². The van der Waals surface area contributed by atoms with Gasteiger partial charge in [0.05, 0.1) is 11.6 Å². The van der Waals surface area contributed by atoms with Crippen molar-refractivity contribution in [1.82, 2.24) is 10.3 Å². The fraction of sp³-hybridized carbons (Fsp3) is 0.176. The lowest BCUT2D eigenvalue weighted by molar-refractivity contribution is 0.564. The third-order valence-electron chi connectivity index (χ3n) is 4.15. The van der Waals surface area contributed by atoms with Crippen LogP contribution >= 0.6 is 12.6 Å². The molecule has 2 heterocycles. The highest BCUT2D eigenvalue weighted by Crippen LogP contribution is 2.36. The molecule has 0 radical (unpaired) electrons. The van der Waals surface area contributed by atoms with Crippen LogP contribution in [-0.2, 0) is 6.42 Å². The van der Waals surface area contributed by atoms with Gasteiger partial charge in [0, 0.05) is 34.5 Å². The van der Waals surface area contributed by atoms with Crippen molar-refractivity contribution >= 4 is 23.5 Å². The Kier molecular flexibility index (Phi) is 3.01. The van der Waals surface area contributed by atoms with Gasteiger partial charge in [0.25, 0.3) is 0 Å². The molecule has 1 aliphatic heterocycles. The molecule has 4 rings (SSSR count). The van der Waals surface area contributed by atoms with Crippen LogP contribution in [0.2, 0.25) is 0 Å². The Morgan fingerprint density at radius 3 is 2.71 bits per heavy atom. The summed E-state index contributed by atoms with van der Waals surface area (Å²) in [5.74, 6) is -0.202. The van der Waals surface area contributed by atoms with Gasteiger partial charge in [-0.25, -0.2) is 4.39 Å². The minimum absolute atomic E-state index is 0.0956. The third kappa shape index (κ3) is 2.06. The first kappa shape index (κ1) is 12.9. The number of benzene rings is 2. The van der Waals surface area contributed by atoms with E-state index >= 15 is 0 Å². The number of H-pyrrole nitrogens is 1. The maximum Gasteiger partial charge on any atom is 0.123 e. The number of halogens is 1. The van der Waals surface area contributed by atoms with Crippen molar-refractivity contribution in [1.29, 1.82) is 0 Å². The standard InChI is InChI=1S/C17H15FN2S/c18-11-6-4-10(5-7-11)16-15-12-2-1-3-14(21)17(12)20-13(15)8-9-19-16/h1-7,16,19-21H,8-9H2. The molecule has 2 aromatic carbocycles. The lowest BCUT2D eigenvalue weighted by Crippen LogP contribution is -2.30. The lowest BCUT2D eigenvalue weighted by atomic mass is 9.92. The number of thiol groups is 1. The molecular weight excluding hydrogens is 283 g/mol. The summed E-state index contributed by atoms with van der Waals surface area (Å²) in [6, 6.07) is 13.0. The van der Waals surface area contributed by atoms with Crippen molar-refractivity contribution in [2.45, 2.75) is 17.4 Å². The van der Waals surface area contributed by atoms with Gasteiger partial charge in [-0.15, -0.1) is 12.6 Å². The van der Waals surface area contributed by atoms with Crippen molar-refractivity contribution < 1.29 is 4.39 Å². The molecule has 106 valence electrons. The molecule has 2 N–H and O–H groups in total. The molecule has 0 saturated heterocycles. The Balaban J connectivity index is 1.93. The highest BCUT2D eigenvalue weighted by atomic mass is 32.1. The number of aromatic amines is 1. The van der Waals surface area contributed by atoms with Crippen LogP contribution in [0.4, 0.5) is 4.39 Å². The van der Waals surface area contributed by atoms with Crippen molar-refractivity contribution in [3.63, 3.8) is 0 Å². The topological polar surface area (TPSA) is 27.8 Å². The van der Waals surface area contributed by atoms with Crippen LogP contribution in [0, 0.1) is 5.82 Å². The SMILES string of the molecule is Fc1ccc(C2NCCc3[nH]c4c(S)cccc4c32)cc1. The minimum atomic E-state index is -0.202. The molecule has 1 aromatic heterocycles. The van der Waals surface area contributed by atoms with Gasteiger partial charge in [-0.3, -0.25) is 0 Å². The number of nitrogens with one attached hydrogen (secondary N) is 2. The first-order chi connectivity index (χ1) is 10.2. The van der Waals surface area contributed by atoms with Crippen molar-refractivity contribution in [3.05, 3.63) is 65.1 Å². The molecule has 0 amide bonds. The van der Waals surface area contributed by atoms with Gasteiger partial charge in [-0.2, -0.15) is 0 Å². The summed E-state index contributed by atoms with van der Waals surface area (Å²) in [4.78, 5) is 4.46. The van der Waals surface area contributed by atoms with E-state index in [0.717, 1.165) is 28.9 Å². The Bertz CT molecular complexity index is 808. The first-order valence-electron chi connectivity index (χ1n) is 7.05. The summed E-state index contributed by atoms with van der Waals surface area (Å²) in [6.45, 7) is 0.907. The van der Waals surface area contributed by atoms with Crippen molar-refractivity contribution in [2.75, 3.05) is 6.54 Å². The first-order valence-corrected chi connectivity index (χ1v) is 7.50. The molecule has 2 nitrogen and oxygen atoms in total. The number of hydrogen-bond acceptors (Lipinski definition) is 2. The number of fused-ring (bicyclic) bond motifs is 3. The van der Waals surface area contributed by atoms with Gasteiger partial charge < -0.3 is 10.3 Å². The average Bonchev–Trinajstić information content (AvgIpc) is 2.88. The Hall–Kier alpha value is -1.78. The third-order valence-corrected chi connectivity index (χ3v) is 4.52. The second kappa shape index (κ2) is 4.90. The van der Waals surface area contributed by atoms with Crippen LogP contribution < -0.4 is 5.32 Å². The number of aromatic nitrogens is 1. The smallest absolute Gasteiger partial charge is 0.123 e. The molecule has 4 heteroatoms. The zero-order chi connectivity index (χ0) is 14.4. The predicted molar refractivity (Wildman–Crippen MR) is 85.5 cm³/mol. The molecule has 21 heavy (non-hydrogen) atoms. The molecule has 0 bridgehead atoms. The number of hydrogen-bond donors (Lipinski definition) is 3. The van der Waals surface area contributed by atoms with Gasteiger partial charge in [0.2, 0.25) is 0 Å². The highest BCUT2D eigenvalue weighted by molar-refractivity contribution is 7.80. The number of rotatable bonds is 1. The molecule has 0 spiro atoms. The normalized spacial score (nSPS) is 17.9. The molecule has 1 atom stereocenters. The minimum Gasteiger partial charge on any atom is -0.357 e. The Labute approximate surface area is 127 Å². The van der Waals surface area contributed by atoms with E-state index in [9.17, 15) is 4.39 Å². The summed E-state index contributed by atoms with van der Waals surface area (Å²) < 4.78 is 13.2. The van der Waals surface area contributed by atoms with E-state index in [1.165, 1.54) is 28.8 Å². The zero-order valence-electron chi connectivity index (χ0n) is 11.4. The summed E-state index contributed by atoms with van der Waals surface area (Å²) in [6.07, 6.45) is 0.967. The fourth-order valence-corrected chi connectivity index (χ4v) is 3.45. The fourth-order valence-electron chi connectivity index (χ4n) is 3.19. The van der Waals surface area contributed by atoms with Crippen LogP contribution in [0.5, 0.6) is 0 Å². The Morgan fingerprint density at radius 1 is 1.10 bits per heavy atom. The van der Waals surface area contributed by atoms with E-state index < -0.39 is 0 Å². The van der Waals surface area contributed by atoms with Gasteiger partial charge in [0.15, 0.2) is 0 Å². The largest absolute Gasteiger partial charge is 0.357 e. The molecule has 1 aliphatic rings. The summed E-state index contributed by atoms with van der Waals surface area (Å²) >= 11 is 4.54. The second-order valence-electron chi connectivity index (χ2n) is 5.41. The molecular formula is C17H15FN2S. The quantitative estimate of drug-likeness (QED) is 0.585. The van der Waals surface area contributed by atoms with E-state index in [2.05, 4.69) is 29.0 Å². The van der Waals surface area contributed by atoms with Gasteiger partial charge in [-0.05, 0) is 23.8 Å². The van der Waals surface area contributed by atoms with Gasteiger partial charge >= 0.3 is 0 Å². The highest BCUT2D eigenvalue weighted by Gasteiger charge is 2.25. The van der Waals surface area contributed by atoms with Crippen molar-refractivity contribution in [2.24, 2.45) is 0 Å². The molecule has 0 fully saturated rings. The number of para-hydroxylation sites is 1. The van der Waals surface area contributed by atoms with E-state index in [-0.39, 0.29) is 11.9 Å². The maximum absolute atomic E-state index is 13.2. The Morgan fingerprint density at radius 2 is 1.90 bits per heavy atom. The average molecular weight is 298 g/mol. The predicted octanol–water partition coefficient (Wildman–Crippen LogP) is 3.83. The molecule has 0 aliphatic carbocycles. The van der Waals surface area contributed by atoms with Crippen LogP contribution in [0.1, 0.15) is 22.9 Å². The summed E-state index contributed by atoms with van der Waals surface area (Å²) in [7, 11) is 0. The summed E-state index contributed by atoms with van der Waals surface area (Å²) in [5.41, 5.74) is 4.68. The van der Waals surface area contributed by atoms with Gasteiger partial charge in [-0.1, -0.05) is 24.3 Å². The molecule has 1 unspecified atom stereocenters. The summed E-state index contributed by atoms with van der Waals surface area (Å²) in [5, 5.41) is 4.73.